The van der Waals surface area contributed by atoms with Crippen LogP contribution in [-0.2, 0) is 11.2 Å². The molecule has 2 aromatic rings. The molecule has 2 aromatic carbocycles. The summed E-state index contributed by atoms with van der Waals surface area (Å²) in [6, 6.07) is 10.1. The van der Waals surface area contributed by atoms with Gasteiger partial charge < -0.3 is 5.32 Å². The molecule has 0 saturated heterocycles. The van der Waals surface area contributed by atoms with Gasteiger partial charge in [0.25, 0.3) is 0 Å². The summed E-state index contributed by atoms with van der Waals surface area (Å²) in [6.45, 7) is 0. The van der Waals surface area contributed by atoms with Crippen molar-refractivity contribution in [3.63, 3.8) is 0 Å². The Balaban J connectivity index is 1.97. The molecule has 0 aromatic heterocycles. The molecule has 1 unspecified atom stereocenters. The van der Waals surface area contributed by atoms with Crippen molar-refractivity contribution in [2.75, 3.05) is 5.32 Å². The molecule has 0 bridgehead atoms. The number of halogens is 3. The molecule has 1 atom stereocenters. The maximum absolute atomic E-state index is 13.1. The van der Waals surface area contributed by atoms with Gasteiger partial charge in [0, 0.05) is 10.2 Å². The fourth-order valence-corrected chi connectivity index (χ4v) is 3.33. The average Bonchev–Trinajstić information content (AvgIpc) is 2.77. The Morgan fingerprint density at radius 3 is 2.80 bits per heavy atom. The van der Waals surface area contributed by atoms with Gasteiger partial charge in [-0.3, -0.25) is 4.79 Å². The fourth-order valence-electron chi connectivity index (χ4n) is 2.29. The van der Waals surface area contributed by atoms with E-state index >= 15 is 0 Å². The molecular formula is C15H10BrClFNO. The van der Waals surface area contributed by atoms with Gasteiger partial charge in [-0.15, -0.1) is 11.6 Å². The van der Waals surface area contributed by atoms with Gasteiger partial charge in [-0.25, -0.2) is 4.39 Å². The molecule has 1 aliphatic rings. The minimum absolute atomic E-state index is 0.00812. The summed E-state index contributed by atoms with van der Waals surface area (Å²) in [5.74, 6) is -0.320. The summed E-state index contributed by atoms with van der Waals surface area (Å²) in [5.41, 5.74) is 3.46. The van der Waals surface area contributed by atoms with Crippen molar-refractivity contribution in [2.24, 2.45) is 0 Å². The van der Waals surface area contributed by atoms with Crippen LogP contribution in [0.2, 0.25) is 0 Å². The minimum Gasteiger partial charge on any atom is -0.326 e. The summed E-state index contributed by atoms with van der Waals surface area (Å²) < 4.78 is 13.7. The Hall–Kier alpha value is -1.39. The highest BCUT2D eigenvalue weighted by Crippen LogP contribution is 2.36. The Labute approximate surface area is 129 Å². The van der Waals surface area contributed by atoms with E-state index in [-0.39, 0.29) is 11.7 Å². The Bertz CT molecular complexity index is 704. The number of rotatable bonds is 2. The summed E-state index contributed by atoms with van der Waals surface area (Å²) in [7, 11) is 0. The molecule has 5 heteroatoms. The van der Waals surface area contributed by atoms with Crippen LogP contribution >= 0.6 is 27.5 Å². The molecule has 0 spiro atoms. The van der Waals surface area contributed by atoms with E-state index in [9.17, 15) is 9.18 Å². The lowest BCUT2D eigenvalue weighted by atomic mass is 10.0. The predicted octanol–water partition coefficient (Wildman–Crippen LogP) is 4.41. The third kappa shape index (κ3) is 2.45. The maximum atomic E-state index is 13.1. The molecule has 0 radical (unpaired) electrons. The summed E-state index contributed by atoms with van der Waals surface area (Å²) >= 11 is 9.80. The lowest BCUT2D eigenvalue weighted by Crippen LogP contribution is -2.03. The molecule has 0 fully saturated rings. The topological polar surface area (TPSA) is 29.1 Å². The van der Waals surface area contributed by atoms with Crippen LogP contribution in [0, 0.1) is 5.82 Å². The Morgan fingerprint density at radius 1 is 1.25 bits per heavy atom. The second-order valence-electron chi connectivity index (χ2n) is 4.67. The van der Waals surface area contributed by atoms with Crippen molar-refractivity contribution < 1.29 is 9.18 Å². The number of fused-ring (bicyclic) bond motifs is 1. The first-order valence-corrected chi connectivity index (χ1v) is 7.29. The van der Waals surface area contributed by atoms with Gasteiger partial charge in [-0.05, 0) is 34.9 Å². The SMILES string of the molecule is O=C1Cc2cc(C(Cl)c3ccc(F)cc3Br)ccc2N1. The molecule has 1 amide bonds. The molecule has 102 valence electrons. The van der Waals surface area contributed by atoms with Gasteiger partial charge in [0.15, 0.2) is 0 Å². The molecule has 0 aliphatic carbocycles. The minimum atomic E-state index is -0.397. The number of carbonyl (C=O) groups is 1. The van der Waals surface area contributed by atoms with Gasteiger partial charge in [0.2, 0.25) is 5.91 Å². The van der Waals surface area contributed by atoms with Crippen LogP contribution < -0.4 is 5.32 Å². The van der Waals surface area contributed by atoms with Gasteiger partial charge in [-0.2, -0.15) is 0 Å². The van der Waals surface area contributed by atoms with Crippen molar-refractivity contribution in [3.05, 3.63) is 63.4 Å². The number of benzene rings is 2. The van der Waals surface area contributed by atoms with Crippen molar-refractivity contribution in [1.82, 2.24) is 0 Å². The largest absolute Gasteiger partial charge is 0.326 e. The van der Waals surface area contributed by atoms with Crippen molar-refractivity contribution in [2.45, 2.75) is 11.8 Å². The van der Waals surface area contributed by atoms with Crippen LogP contribution in [0.1, 0.15) is 22.1 Å². The van der Waals surface area contributed by atoms with E-state index in [4.69, 9.17) is 11.6 Å². The first-order chi connectivity index (χ1) is 9.54. The number of carbonyl (C=O) groups excluding carboxylic acids is 1. The molecule has 20 heavy (non-hydrogen) atoms. The maximum Gasteiger partial charge on any atom is 0.228 e. The molecule has 1 heterocycles. The van der Waals surface area contributed by atoms with Crippen LogP contribution in [0.3, 0.4) is 0 Å². The lowest BCUT2D eigenvalue weighted by molar-refractivity contribution is -0.115. The second kappa shape index (κ2) is 5.19. The third-order valence-electron chi connectivity index (χ3n) is 3.28. The number of hydrogen-bond acceptors (Lipinski definition) is 1. The number of alkyl halides is 1. The third-order valence-corrected chi connectivity index (χ3v) is 4.46. The standard InChI is InChI=1S/C15H10BrClFNO/c16-12-7-10(18)2-3-11(12)15(17)8-1-4-13-9(5-8)6-14(20)19-13/h1-5,7,15H,6H2,(H,19,20). The monoisotopic (exact) mass is 353 g/mol. The zero-order valence-corrected chi connectivity index (χ0v) is 12.6. The first kappa shape index (κ1) is 13.6. The normalized spacial score (nSPS) is 14.8. The number of amides is 1. The molecule has 0 saturated carbocycles. The highest BCUT2D eigenvalue weighted by molar-refractivity contribution is 9.10. The molecular weight excluding hydrogens is 345 g/mol. The van der Waals surface area contributed by atoms with E-state index in [1.165, 1.54) is 12.1 Å². The summed E-state index contributed by atoms with van der Waals surface area (Å²) in [6.07, 6.45) is 0.372. The van der Waals surface area contributed by atoms with E-state index in [0.717, 1.165) is 22.4 Å². The molecule has 3 rings (SSSR count). The summed E-state index contributed by atoms with van der Waals surface area (Å²) in [5, 5.41) is 2.38. The van der Waals surface area contributed by atoms with Crippen LogP contribution in [0.4, 0.5) is 10.1 Å². The van der Waals surface area contributed by atoms with Crippen LogP contribution in [0.15, 0.2) is 40.9 Å². The number of anilines is 1. The van der Waals surface area contributed by atoms with E-state index < -0.39 is 5.38 Å². The van der Waals surface area contributed by atoms with Gasteiger partial charge in [0.1, 0.15) is 5.82 Å². The van der Waals surface area contributed by atoms with Gasteiger partial charge >= 0.3 is 0 Å². The van der Waals surface area contributed by atoms with Gasteiger partial charge in [0.05, 0.1) is 11.8 Å². The first-order valence-electron chi connectivity index (χ1n) is 6.06. The highest BCUT2D eigenvalue weighted by Gasteiger charge is 2.21. The number of hydrogen-bond donors (Lipinski definition) is 1. The fraction of sp³-hybridized carbons (Fsp3) is 0.133. The zero-order valence-electron chi connectivity index (χ0n) is 10.3. The Morgan fingerprint density at radius 2 is 2.05 bits per heavy atom. The van der Waals surface area contributed by atoms with Crippen molar-refractivity contribution >= 4 is 39.1 Å². The second-order valence-corrected chi connectivity index (χ2v) is 5.96. The lowest BCUT2D eigenvalue weighted by Gasteiger charge is -2.13. The number of nitrogens with one attached hydrogen (secondary N) is 1. The van der Waals surface area contributed by atoms with E-state index in [1.54, 1.807) is 6.07 Å². The van der Waals surface area contributed by atoms with E-state index in [1.807, 2.05) is 18.2 Å². The van der Waals surface area contributed by atoms with E-state index in [2.05, 4.69) is 21.2 Å². The molecule has 2 nitrogen and oxygen atoms in total. The van der Waals surface area contributed by atoms with Crippen molar-refractivity contribution in [1.29, 1.82) is 0 Å². The summed E-state index contributed by atoms with van der Waals surface area (Å²) in [4.78, 5) is 11.3. The van der Waals surface area contributed by atoms with Crippen LogP contribution in [0.5, 0.6) is 0 Å². The molecule has 1 N–H and O–H groups in total. The smallest absolute Gasteiger partial charge is 0.228 e. The Kier molecular flexibility index (Phi) is 3.52. The van der Waals surface area contributed by atoms with E-state index in [0.29, 0.717) is 10.9 Å². The van der Waals surface area contributed by atoms with Crippen LogP contribution in [-0.4, -0.2) is 5.91 Å². The quantitative estimate of drug-likeness (QED) is 0.795. The average molecular weight is 355 g/mol. The highest BCUT2D eigenvalue weighted by atomic mass is 79.9. The predicted molar refractivity (Wildman–Crippen MR) is 80.6 cm³/mol. The van der Waals surface area contributed by atoms with Crippen LogP contribution in [0.25, 0.3) is 0 Å². The zero-order chi connectivity index (χ0) is 14.3. The molecule has 1 aliphatic heterocycles. The van der Waals surface area contributed by atoms with Crippen molar-refractivity contribution in [3.8, 4) is 0 Å². The van der Waals surface area contributed by atoms with Gasteiger partial charge in [-0.1, -0.05) is 34.1 Å².